The zero-order valence-electron chi connectivity index (χ0n) is 14.4. The summed E-state index contributed by atoms with van der Waals surface area (Å²) in [6, 6.07) is 7.36. The predicted octanol–water partition coefficient (Wildman–Crippen LogP) is 2.88. The Morgan fingerprint density at radius 1 is 1.29 bits per heavy atom. The Morgan fingerprint density at radius 3 is 2.67 bits per heavy atom. The summed E-state index contributed by atoms with van der Waals surface area (Å²) in [6.45, 7) is 7.99. The molecule has 2 heterocycles. The van der Waals surface area contributed by atoms with Gasteiger partial charge < -0.3 is 4.74 Å². The van der Waals surface area contributed by atoms with E-state index in [0.29, 0.717) is 24.4 Å². The fourth-order valence-electron chi connectivity index (χ4n) is 3.25. The van der Waals surface area contributed by atoms with Gasteiger partial charge in [-0.2, -0.15) is 5.10 Å². The first kappa shape index (κ1) is 17.0. The summed E-state index contributed by atoms with van der Waals surface area (Å²) < 4.78 is 36.2. The summed E-state index contributed by atoms with van der Waals surface area (Å²) in [5.74, 6) is 0.739. The van der Waals surface area contributed by atoms with Crippen molar-refractivity contribution in [1.82, 2.24) is 14.5 Å². The molecule has 0 spiro atoms. The first-order valence-corrected chi connectivity index (χ1v) is 9.59. The van der Waals surface area contributed by atoms with Gasteiger partial charge in [-0.3, -0.25) is 4.68 Å². The van der Waals surface area contributed by atoms with Crippen LogP contribution in [0, 0.1) is 13.8 Å². The lowest BCUT2D eigenvalue weighted by atomic mass is 10.0. The molecule has 7 heteroatoms. The molecule has 3 rings (SSSR count). The van der Waals surface area contributed by atoms with E-state index in [9.17, 15) is 8.42 Å². The second kappa shape index (κ2) is 6.22. The number of fused-ring (bicyclic) bond motifs is 1. The van der Waals surface area contributed by atoms with Gasteiger partial charge in [-0.15, -0.1) is 0 Å². The lowest BCUT2D eigenvalue weighted by Gasteiger charge is -2.26. The molecular formula is C17H23N3O3S. The largest absolute Gasteiger partial charge is 0.493 e. The van der Waals surface area contributed by atoms with Crippen LogP contribution in [0.25, 0.3) is 0 Å². The summed E-state index contributed by atoms with van der Waals surface area (Å²) in [5.41, 5.74) is 2.06. The maximum Gasteiger partial charge on any atom is 0.244 e. The number of hydrogen-bond donors (Lipinski definition) is 1. The second-order valence-corrected chi connectivity index (χ2v) is 8.04. The van der Waals surface area contributed by atoms with Crippen molar-refractivity contribution in [1.29, 1.82) is 0 Å². The molecule has 0 saturated heterocycles. The van der Waals surface area contributed by atoms with Gasteiger partial charge in [0.15, 0.2) is 0 Å². The number of nitrogens with one attached hydrogen (secondary N) is 1. The van der Waals surface area contributed by atoms with Gasteiger partial charge in [0.25, 0.3) is 0 Å². The molecule has 130 valence electrons. The summed E-state index contributed by atoms with van der Waals surface area (Å²) in [5, 5.41) is 4.39. The quantitative estimate of drug-likeness (QED) is 0.921. The van der Waals surface area contributed by atoms with E-state index in [0.717, 1.165) is 11.3 Å². The van der Waals surface area contributed by atoms with Crippen LogP contribution in [0.1, 0.15) is 49.3 Å². The van der Waals surface area contributed by atoms with E-state index in [1.54, 1.807) is 18.5 Å². The monoisotopic (exact) mass is 349 g/mol. The number of rotatable bonds is 4. The average molecular weight is 349 g/mol. The van der Waals surface area contributed by atoms with Gasteiger partial charge in [0.2, 0.25) is 10.0 Å². The Kier molecular flexibility index (Phi) is 4.40. The van der Waals surface area contributed by atoms with Crippen molar-refractivity contribution in [2.75, 3.05) is 6.61 Å². The SMILES string of the molecule is Cc1nn(C(C)C)c(C)c1S(=O)(=O)N[C@H]1CCOc2ccccc21. The van der Waals surface area contributed by atoms with E-state index < -0.39 is 10.0 Å². The van der Waals surface area contributed by atoms with E-state index >= 15 is 0 Å². The fourth-order valence-corrected chi connectivity index (χ4v) is 4.90. The normalized spacial score (nSPS) is 17.6. The molecule has 24 heavy (non-hydrogen) atoms. The molecule has 1 aromatic heterocycles. The van der Waals surface area contributed by atoms with E-state index in [1.807, 2.05) is 38.1 Å². The van der Waals surface area contributed by atoms with Crippen LogP contribution in [-0.4, -0.2) is 24.8 Å². The van der Waals surface area contributed by atoms with E-state index in [2.05, 4.69) is 9.82 Å². The maximum absolute atomic E-state index is 13.0. The standard InChI is InChI=1S/C17H23N3O3S/c1-11(2)20-13(4)17(12(3)18-20)24(21,22)19-15-9-10-23-16-8-6-5-7-14(15)16/h5-8,11,15,19H,9-10H2,1-4H3/t15-/m0/s1. The molecule has 1 aliphatic heterocycles. The molecule has 6 nitrogen and oxygen atoms in total. The lowest BCUT2D eigenvalue weighted by molar-refractivity contribution is 0.263. The number of aromatic nitrogens is 2. The number of para-hydroxylation sites is 1. The van der Waals surface area contributed by atoms with Crippen LogP contribution in [0.5, 0.6) is 5.75 Å². The summed E-state index contributed by atoms with van der Waals surface area (Å²) >= 11 is 0. The van der Waals surface area contributed by atoms with Gasteiger partial charge in [-0.05, 0) is 33.8 Å². The molecule has 0 unspecified atom stereocenters. The molecule has 1 N–H and O–H groups in total. The topological polar surface area (TPSA) is 73.2 Å². The molecule has 1 atom stereocenters. The Labute approximate surface area is 142 Å². The number of aryl methyl sites for hydroxylation is 1. The summed E-state index contributed by atoms with van der Waals surface area (Å²) in [4.78, 5) is 0.278. The zero-order valence-corrected chi connectivity index (χ0v) is 15.2. The molecule has 0 saturated carbocycles. The van der Waals surface area contributed by atoms with Gasteiger partial charge in [-0.25, -0.2) is 13.1 Å². The number of benzene rings is 1. The molecule has 0 bridgehead atoms. The van der Waals surface area contributed by atoms with Crippen molar-refractivity contribution in [2.45, 2.75) is 51.1 Å². The molecule has 0 amide bonds. The van der Waals surface area contributed by atoms with E-state index in [1.165, 1.54) is 0 Å². The van der Waals surface area contributed by atoms with Crippen molar-refractivity contribution in [3.8, 4) is 5.75 Å². The molecule has 0 aliphatic carbocycles. The molecule has 1 aliphatic rings. The Morgan fingerprint density at radius 2 is 2.00 bits per heavy atom. The molecule has 0 radical (unpaired) electrons. The number of ether oxygens (including phenoxy) is 1. The highest BCUT2D eigenvalue weighted by Crippen LogP contribution is 2.33. The van der Waals surface area contributed by atoms with Crippen molar-refractivity contribution in [2.24, 2.45) is 0 Å². The van der Waals surface area contributed by atoms with Crippen molar-refractivity contribution in [3.05, 3.63) is 41.2 Å². The Balaban J connectivity index is 1.97. The predicted molar refractivity (Wildman–Crippen MR) is 91.7 cm³/mol. The Hall–Kier alpha value is -1.86. The first-order valence-electron chi connectivity index (χ1n) is 8.11. The van der Waals surface area contributed by atoms with Crippen LogP contribution in [0.2, 0.25) is 0 Å². The third-order valence-electron chi connectivity index (χ3n) is 4.27. The number of sulfonamides is 1. The van der Waals surface area contributed by atoms with Gasteiger partial charge in [0, 0.05) is 18.0 Å². The highest BCUT2D eigenvalue weighted by Gasteiger charge is 2.30. The van der Waals surface area contributed by atoms with Gasteiger partial charge in [-0.1, -0.05) is 18.2 Å². The third-order valence-corrected chi connectivity index (χ3v) is 6.00. The van der Waals surface area contributed by atoms with Crippen molar-refractivity contribution < 1.29 is 13.2 Å². The molecule has 0 fully saturated rings. The molecule has 1 aromatic carbocycles. The minimum Gasteiger partial charge on any atom is -0.493 e. The first-order chi connectivity index (χ1) is 11.3. The van der Waals surface area contributed by atoms with Crippen LogP contribution < -0.4 is 9.46 Å². The third kappa shape index (κ3) is 2.93. The van der Waals surface area contributed by atoms with Gasteiger partial charge in [0.1, 0.15) is 10.6 Å². The number of hydrogen-bond acceptors (Lipinski definition) is 4. The maximum atomic E-state index is 13.0. The smallest absolute Gasteiger partial charge is 0.244 e. The van der Waals surface area contributed by atoms with Crippen molar-refractivity contribution in [3.63, 3.8) is 0 Å². The Bertz CT molecular complexity index is 856. The summed E-state index contributed by atoms with van der Waals surface area (Å²) in [7, 11) is -3.67. The molecule has 2 aromatic rings. The van der Waals surface area contributed by atoms with Crippen LogP contribution >= 0.6 is 0 Å². The van der Waals surface area contributed by atoms with E-state index in [4.69, 9.17) is 4.74 Å². The minimum atomic E-state index is -3.67. The van der Waals surface area contributed by atoms with Crippen LogP contribution in [0.3, 0.4) is 0 Å². The van der Waals surface area contributed by atoms with Crippen LogP contribution in [0.15, 0.2) is 29.2 Å². The average Bonchev–Trinajstić information content (AvgIpc) is 2.83. The van der Waals surface area contributed by atoms with Crippen LogP contribution in [0.4, 0.5) is 0 Å². The molecular weight excluding hydrogens is 326 g/mol. The fraction of sp³-hybridized carbons (Fsp3) is 0.471. The second-order valence-electron chi connectivity index (χ2n) is 6.39. The van der Waals surface area contributed by atoms with Crippen LogP contribution in [-0.2, 0) is 10.0 Å². The van der Waals surface area contributed by atoms with E-state index in [-0.39, 0.29) is 17.0 Å². The minimum absolute atomic E-state index is 0.108. The highest BCUT2D eigenvalue weighted by molar-refractivity contribution is 7.89. The van der Waals surface area contributed by atoms with Gasteiger partial charge in [0.05, 0.1) is 24.0 Å². The highest BCUT2D eigenvalue weighted by atomic mass is 32.2. The van der Waals surface area contributed by atoms with Crippen molar-refractivity contribution >= 4 is 10.0 Å². The number of nitrogens with zero attached hydrogens (tertiary/aromatic N) is 2. The van der Waals surface area contributed by atoms with Gasteiger partial charge >= 0.3 is 0 Å². The lowest BCUT2D eigenvalue weighted by Crippen LogP contribution is -2.32. The zero-order chi connectivity index (χ0) is 17.5. The summed E-state index contributed by atoms with van der Waals surface area (Å²) in [6.07, 6.45) is 0.604.